The molecule has 1 aliphatic heterocycles. The van der Waals surface area contributed by atoms with Crippen LogP contribution in [0, 0.1) is 0 Å². The number of hydrogen-bond donors (Lipinski definition) is 1. The van der Waals surface area contributed by atoms with Crippen molar-refractivity contribution in [2.45, 2.75) is 51.1 Å². The number of thiophene rings is 1. The average Bonchev–Trinajstić information content (AvgIpc) is 3.15. The number of aromatic nitrogens is 1. The zero-order valence-electron chi connectivity index (χ0n) is 16.5. The molecule has 2 aliphatic rings. The smallest absolute Gasteiger partial charge is 0.255 e. The number of hydrogen-bond acceptors (Lipinski definition) is 5. The Morgan fingerprint density at radius 3 is 2.71 bits per heavy atom. The van der Waals surface area contributed by atoms with Gasteiger partial charge in [0.2, 0.25) is 0 Å². The van der Waals surface area contributed by atoms with Gasteiger partial charge in [-0.2, -0.15) is 11.3 Å². The SMILES string of the molecule is O=C(c1ccc(NCc2ccsc2)nc1)N1CCCN(C2CCCCC2)CC1. The highest BCUT2D eigenvalue weighted by Crippen LogP contribution is 2.24. The van der Waals surface area contributed by atoms with Crippen LogP contribution in [0.2, 0.25) is 0 Å². The van der Waals surface area contributed by atoms with E-state index in [1.54, 1.807) is 17.5 Å². The quantitative estimate of drug-likeness (QED) is 0.819. The third-order valence-corrected chi connectivity index (χ3v) is 6.71. The lowest BCUT2D eigenvalue weighted by molar-refractivity contribution is 0.0754. The molecule has 28 heavy (non-hydrogen) atoms. The van der Waals surface area contributed by atoms with E-state index < -0.39 is 0 Å². The van der Waals surface area contributed by atoms with E-state index in [-0.39, 0.29) is 5.91 Å². The van der Waals surface area contributed by atoms with E-state index in [0.29, 0.717) is 5.56 Å². The summed E-state index contributed by atoms with van der Waals surface area (Å²) in [6.45, 7) is 4.56. The summed E-state index contributed by atoms with van der Waals surface area (Å²) in [7, 11) is 0. The van der Waals surface area contributed by atoms with Crippen molar-refractivity contribution >= 4 is 23.1 Å². The Kier molecular flexibility index (Phi) is 6.60. The highest BCUT2D eigenvalue weighted by molar-refractivity contribution is 7.07. The van der Waals surface area contributed by atoms with E-state index in [0.717, 1.165) is 51.0 Å². The predicted molar refractivity (Wildman–Crippen MR) is 115 cm³/mol. The molecule has 1 saturated carbocycles. The van der Waals surface area contributed by atoms with Gasteiger partial charge in [0.15, 0.2) is 0 Å². The number of pyridine rings is 1. The normalized spacial score (nSPS) is 19.4. The number of carbonyl (C=O) groups is 1. The van der Waals surface area contributed by atoms with Gasteiger partial charge in [-0.25, -0.2) is 4.98 Å². The van der Waals surface area contributed by atoms with Gasteiger partial charge in [-0.15, -0.1) is 0 Å². The lowest BCUT2D eigenvalue weighted by Crippen LogP contribution is -2.40. The summed E-state index contributed by atoms with van der Waals surface area (Å²) in [5.41, 5.74) is 1.94. The van der Waals surface area contributed by atoms with E-state index in [1.807, 2.05) is 17.0 Å². The number of nitrogens with one attached hydrogen (secondary N) is 1. The molecule has 150 valence electrons. The fourth-order valence-electron chi connectivity index (χ4n) is 4.35. The zero-order valence-corrected chi connectivity index (χ0v) is 17.3. The number of rotatable bonds is 5. The van der Waals surface area contributed by atoms with E-state index in [9.17, 15) is 4.79 Å². The first kappa shape index (κ1) is 19.4. The molecule has 1 N–H and O–H groups in total. The number of amides is 1. The van der Waals surface area contributed by atoms with Crippen LogP contribution in [-0.4, -0.2) is 52.9 Å². The molecule has 0 atom stereocenters. The average molecular weight is 399 g/mol. The highest BCUT2D eigenvalue weighted by Gasteiger charge is 2.25. The Morgan fingerprint density at radius 1 is 1.07 bits per heavy atom. The minimum absolute atomic E-state index is 0.113. The van der Waals surface area contributed by atoms with E-state index in [4.69, 9.17) is 0 Å². The zero-order chi connectivity index (χ0) is 19.2. The second kappa shape index (κ2) is 9.52. The van der Waals surface area contributed by atoms with Crippen molar-refractivity contribution in [1.82, 2.24) is 14.8 Å². The second-order valence-electron chi connectivity index (χ2n) is 7.89. The molecule has 2 fully saturated rings. The third-order valence-electron chi connectivity index (χ3n) is 5.97. The summed E-state index contributed by atoms with van der Waals surface area (Å²) in [5.74, 6) is 0.921. The number of nitrogens with zero attached hydrogens (tertiary/aromatic N) is 3. The van der Waals surface area contributed by atoms with E-state index in [1.165, 1.54) is 37.7 Å². The molecule has 1 aliphatic carbocycles. The summed E-state index contributed by atoms with van der Waals surface area (Å²) in [4.78, 5) is 22.0. The molecular weight excluding hydrogens is 368 g/mol. The Labute approximate surface area is 171 Å². The van der Waals surface area contributed by atoms with Crippen LogP contribution in [0.15, 0.2) is 35.2 Å². The molecular formula is C22H30N4OS. The van der Waals surface area contributed by atoms with Crippen molar-refractivity contribution in [3.8, 4) is 0 Å². The van der Waals surface area contributed by atoms with Gasteiger partial charge in [-0.05, 0) is 53.8 Å². The molecule has 0 unspecified atom stereocenters. The van der Waals surface area contributed by atoms with Gasteiger partial charge < -0.3 is 10.2 Å². The molecule has 2 aromatic rings. The Morgan fingerprint density at radius 2 is 1.96 bits per heavy atom. The molecule has 0 spiro atoms. The molecule has 4 rings (SSSR count). The van der Waals surface area contributed by atoms with Gasteiger partial charge in [-0.1, -0.05) is 19.3 Å². The van der Waals surface area contributed by atoms with Crippen molar-refractivity contribution in [3.63, 3.8) is 0 Å². The molecule has 2 aromatic heterocycles. The summed E-state index contributed by atoms with van der Waals surface area (Å²) in [6, 6.07) is 6.64. The molecule has 0 radical (unpaired) electrons. The second-order valence-corrected chi connectivity index (χ2v) is 8.67. The van der Waals surface area contributed by atoms with Crippen molar-refractivity contribution in [2.24, 2.45) is 0 Å². The van der Waals surface area contributed by atoms with Gasteiger partial charge in [0.25, 0.3) is 5.91 Å². The predicted octanol–water partition coefficient (Wildman–Crippen LogP) is 4.24. The van der Waals surface area contributed by atoms with Crippen molar-refractivity contribution in [3.05, 3.63) is 46.3 Å². The van der Waals surface area contributed by atoms with Crippen LogP contribution in [0.4, 0.5) is 5.82 Å². The molecule has 0 aromatic carbocycles. The Bertz CT molecular complexity index is 740. The minimum Gasteiger partial charge on any atom is -0.366 e. The summed E-state index contributed by atoms with van der Waals surface area (Å²) in [5, 5.41) is 7.51. The largest absolute Gasteiger partial charge is 0.366 e. The van der Waals surface area contributed by atoms with E-state index in [2.05, 4.69) is 32.0 Å². The van der Waals surface area contributed by atoms with Crippen LogP contribution >= 0.6 is 11.3 Å². The van der Waals surface area contributed by atoms with Crippen LogP contribution < -0.4 is 5.32 Å². The van der Waals surface area contributed by atoms with E-state index >= 15 is 0 Å². The van der Waals surface area contributed by atoms with Crippen molar-refractivity contribution in [2.75, 3.05) is 31.5 Å². The highest BCUT2D eigenvalue weighted by atomic mass is 32.1. The summed E-state index contributed by atoms with van der Waals surface area (Å²) < 4.78 is 0. The lowest BCUT2D eigenvalue weighted by atomic mass is 9.94. The fourth-order valence-corrected chi connectivity index (χ4v) is 5.01. The van der Waals surface area contributed by atoms with Gasteiger partial charge >= 0.3 is 0 Å². The van der Waals surface area contributed by atoms with Crippen LogP contribution in [0.5, 0.6) is 0 Å². The van der Waals surface area contributed by atoms with Crippen LogP contribution in [0.1, 0.15) is 54.4 Å². The van der Waals surface area contributed by atoms with Crippen LogP contribution in [-0.2, 0) is 6.54 Å². The van der Waals surface area contributed by atoms with Crippen LogP contribution in [0.25, 0.3) is 0 Å². The molecule has 6 heteroatoms. The van der Waals surface area contributed by atoms with Gasteiger partial charge in [0.1, 0.15) is 5.82 Å². The maximum absolute atomic E-state index is 12.9. The Hall–Kier alpha value is -1.92. The van der Waals surface area contributed by atoms with Crippen molar-refractivity contribution in [1.29, 1.82) is 0 Å². The first-order valence-corrected chi connectivity index (χ1v) is 11.5. The minimum atomic E-state index is 0.113. The standard InChI is InChI=1S/C22H30N4OS/c27-22(19-7-8-21(24-16-19)23-15-18-9-14-28-17-18)26-11-4-10-25(12-13-26)20-5-2-1-3-6-20/h7-9,14,16-17,20H,1-6,10-13,15H2,(H,23,24). The molecule has 1 saturated heterocycles. The molecule has 5 nitrogen and oxygen atoms in total. The Balaban J connectivity index is 1.30. The fraction of sp³-hybridized carbons (Fsp3) is 0.545. The van der Waals surface area contributed by atoms with Crippen LogP contribution in [0.3, 0.4) is 0 Å². The maximum Gasteiger partial charge on any atom is 0.255 e. The molecule has 1 amide bonds. The third kappa shape index (κ3) is 4.92. The first-order chi connectivity index (χ1) is 13.8. The van der Waals surface area contributed by atoms with Gasteiger partial charge in [0, 0.05) is 45.0 Å². The van der Waals surface area contributed by atoms with Gasteiger partial charge in [0.05, 0.1) is 5.56 Å². The number of carbonyl (C=O) groups excluding carboxylic acids is 1. The lowest BCUT2D eigenvalue weighted by Gasteiger charge is -2.33. The van der Waals surface area contributed by atoms with Gasteiger partial charge in [-0.3, -0.25) is 9.69 Å². The number of anilines is 1. The van der Waals surface area contributed by atoms with Crippen molar-refractivity contribution < 1.29 is 4.79 Å². The summed E-state index contributed by atoms with van der Waals surface area (Å²) in [6.07, 6.45) is 9.55. The maximum atomic E-state index is 12.9. The molecule has 0 bridgehead atoms. The monoisotopic (exact) mass is 398 g/mol. The molecule has 3 heterocycles. The topological polar surface area (TPSA) is 48.5 Å². The summed E-state index contributed by atoms with van der Waals surface area (Å²) >= 11 is 1.69. The first-order valence-electron chi connectivity index (χ1n) is 10.5.